The summed E-state index contributed by atoms with van der Waals surface area (Å²) in [5.41, 5.74) is 6.71. The van der Waals surface area contributed by atoms with Crippen LogP contribution in [0.15, 0.2) is 5.38 Å². The Morgan fingerprint density at radius 1 is 1.36 bits per heavy atom. The minimum atomic E-state index is 0.716. The van der Waals surface area contributed by atoms with Crippen LogP contribution in [-0.4, -0.2) is 11.5 Å². The first-order valence-corrected chi connectivity index (χ1v) is 6.42. The zero-order valence-corrected chi connectivity index (χ0v) is 9.35. The second kappa shape index (κ2) is 4.89. The van der Waals surface area contributed by atoms with Crippen LogP contribution in [0.1, 0.15) is 48.7 Å². The average molecular weight is 210 g/mol. The molecular weight excluding hydrogens is 192 g/mol. The van der Waals surface area contributed by atoms with Crippen LogP contribution in [0.2, 0.25) is 0 Å². The lowest BCUT2D eigenvalue weighted by Crippen LogP contribution is -2.06. The van der Waals surface area contributed by atoms with Crippen LogP contribution in [0, 0.1) is 0 Å². The molecule has 0 saturated heterocycles. The molecule has 1 aromatic heterocycles. The fourth-order valence-corrected chi connectivity index (χ4v) is 3.15. The van der Waals surface area contributed by atoms with E-state index in [-0.39, 0.29) is 0 Å². The van der Waals surface area contributed by atoms with Gasteiger partial charge in [0.25, 0.3) is 0 Å². The van der Waals surface area contributed by atoms with Gasteiger partial charge in [-0.05, 0) is 19.4 Å². The van der Waals surface area contributed by atoms with Gasteiger partial charge in [-0.15, -0.1) is 11.3 Å². The van der Waals surface area contributed by atoms with Gasteiger partial charge >= 0.3 is 0 Å². The molecule has 1 fully saturated rings. The van der Waals surface area contributed by atoms with Gasteiger partial charge in [0.2, 0.25) is 0 Å². The highest BCUT2D eigenvalue weighted by molar-refractivity contribution is 7.09. The topological polar surface area (TPSA) is 38.9 Å². The van der Waals surface area contributed by atoms with Gasteiger partial charge in [0.1, 0.15) is 0 Å². The zero-order chi connectivity index (χ0) is 9.80. The fourth-order valence-electron chi connectivity index (χ4n) is 2.12. The summed E-state index contributed by atoms with van der Waals surface area (Å²) in [5.74, 6) is 0.750. The van der Waals surface area contributed by atoms with Crippen molar-refractivity contribution >= 4 is 11.3 Å². The molecule has 0 bridgehead atoms. The van der Waals surface area contributed by atoms with Gasteiger partial charge in [-0.3, -0.25) is 0 Å². The fraction of sp³-hybridized carbons (Fsp3) is 0.727. The smallest absolute Gasteiger partial charge is 0.0959 e. The van der Waals surface area contributed by atoms with E-state index in [2.05, 4.69) is 10.4 Å². The first-order valence-electron chi connectivity index (χ1n) is 5.54. The molecule has 1 aliphatic carbocycles. The Bertz CT molecular complexity index is 277. The van der Waals surface area contributed by atoms with Crippen molar-refractivity contribution in [2.24, 2.45) is 5.73 Å². The van der Waals surface area contributed by atoms with Gasteiger partial charge < -0.3 is 5.73 Å². The Hall–Kier alpha value is -0.410. The highest BCUT2D eigenvalue weighted by Crippen LogP contribution is 2.34. The van der Waals surface area contributed by atoms with Crippen molar-refractivity contribution in [1.82, 2.24) is 4.98 Å². The Balaban J connectivity index is 2.00. The minimum Gasteiger partial charge on any atom is -0.330 e. The van der Waals surface area contributed by atoms with E-state index in [4.69, 9.17) is 5.73 Å². The molecule has 2 nitrogen and oxygen atoms in total. The number of nitrogens with two attached hydrogens (primary N) is 1. The van der Waals surface area contributed by atoms with Gasteiger partial charge in [-0.2, -0.15) is 0 Å². The number of rotatable bonds is 3. The maximum absolute atomic E-state index is 5.51. The monoisotopic (exact) mass is 210 g/mol. The molecule has 1 aromatic rings. The molecule has 14 heavy (non-hydrogen) atoms. The van der Waals surface area contributed by atoms with E-state index < -0.39 is 0 Å². The van der Waals surface area contributed by atoms with Crippen molar-refractivity contribution in [1.29, 1.82) is 0 Å². The van der Waals surface area contributed by atoms with E-state index in [9.17, 15) is 0 Å². The lowest BCUT2D eigenvalue weighted by atomic mass is 9.90. The highest BCUT2D eigenvalue weighted by atomic mass is 32.1. The van der Waals surface area contributed by atoms with Crippen LogP contribution >= 0.6 is 11.3 Å². The van der Waals surface area contributed by atoms with Crippen LogP contribution < -0.4 is 5.73 Å². The predicted molar refractivity (Wildman–Crippen MR) is 60.7 cm³/mol. The Morgan fingerprint density at radius 2 is 2.14 bits per heavy atom. The van der Waals surface area contributed by atoms with Crippen LogP contribution in [-0.2, 0) is 6.42 Å². The minimum absolute atomic E-state index is 0.716. The molecule has 0 spiro atoms. The van der Waals surface area contributed by atoms with Gasteiger partial charge in [0.05, 0.1) is 10.7 Å². The van der Waals surface area contributed by atoms with E-state index >= 15 is 0 Å². The van der Waals surface area contributed by atoms with Gasteiger partial charge in [0, 0.05) is 17.7 Å². The Morgan fingerprint density at radius 3 is 2.86 bits per heavy atom. The van der Waals surface area contributed by atoms with Crippen molar-refractivity contribution in [3.63, 3.8) is 0 Å². The van der Waals surface area contributed by atoms with E-state index in [0.29, 0.717) is 6.54 Å². The summed E-state index contributed by atoms with van der Waals surface area (Å²) in [7, 11) is 0. The summed E-state index contributed by atoms with van der Waals surface area (Å²) in [6, 6.07) is 0. The quantitative estimate of drug-likeness (QED) is 0.833. The van der Waals surface area contributed by atoms with E-state index in [1.54, 1.807) is 0 Å². The second-order valence-corrected chi connectivity index (χ2v) is 4.94. The molecule has 0 radical (unpaired) electrons. The van der Waals surface area contributed by atoms with Gasteiger partial charge in [0.15, 0.2) is 0 Å². The molecule has 3 heteroatoms. The van der Waals surface area contributed by atoms with Crippen molar-refractivity contribution in [2.75, 3.05) is 6.54 Å². The van der Waals surface area contributed by atoms with Crippen molar-refractivity contribution in [3.05, 3.63) is 16.1 Å². The van der Waals surface area contributed by atoms with Crippen LogP contribution in [0.25, 0.3) is 0 Å². The molecule has 1 aliphatic rings. The van der Waals surface area contributed by atoms with E-state index in [1.807, 2.05) is 11.3 Å². The third-order valence-corrected chi connectivity index (χ3v) is 3.98. The number of aromatic nitrogens is 1. The summed E-state index contributed by atoms with van der Waals surface area (Å²) in [4.78, 5) is 4.66. The summed E-state index contributed by atoms with van der Waals surface area (Å²) in [6.07, 6.45) is 7.80. The summed E-state index contributed by atoms with van der Waals surface area (Å²) >= 11 is 1.83. The van der Waals surface area contributed by atoms with Crippen LogP contribution in [0.3, 0.4) is 0 Å². The molecule has 2 N–H and O–H groups in total. The molecule has 1 heterocycles. The summed E-state index contributed by atoms with van der Waals surface area (Å²) in [5, 5.41) is 3.53. The van der Waals surface area contributed by atoms with E-state index in [1.165, 1.54) is 42.8 Å². The van der Waals surface area contributed by atoms with Crippen LogP contribution in [0.4, 0.5) is 0 Å². The predicted octanol–water partition coefficient (Wildman–Crippen LogP) is 2.69. The number of hydrogen-bond acceptors (Lipinski definition) is 3. The highest BCUT2D eigenvalue weighted by Gasteiger charge is 2.18. The largest absolute Gasteiger partial charge is 0.330 e. The van der Waals surface area contributed by atoms with Crippen molar-refractivity contribution < 1.29 is 0 Å². The Kier molecular flexibility index (Phi) is 3.54. The lowest BCUT2D eigenvalue weighted by Gasteiger charge is -2.18. The van der Waals surface area contributed by atoms with Crippen LogP contribution in [0.5, 0.6) is 0 Å². The molecule has 78 valence electrons. The molecule has 1 saturated carbocycles. The number of thiazole rings is 1. The SMILES string of the molecule is NCCc1csc(C2CCCCC2)n1. The molecule has 0 aliphatic heterocycles. The summed E-state index contributed by atoms with van der Waals surface area (Å²) in [6.45, 7) is 0.716. The molecule has 0 amide bonds. The molecule has 0 aromatic carbocycles. The second-order valence-electron chi connectivity index (χ2n) is 4.05. The average Bonchev–Trinajstić information content (AvgIpc) is 2.68. The van der Waals surface area contributed by atoms with E-state index in [0.717, 1.165) is 12.3 Å². The number of nitrogens with zero attached hydrogens (tertiary/aromatic N) is 1. The first kappa shape index (κ1) is 10.1. The number of hydrogen-bond donors (Lipinski definition) is 1. The van der Waals surface area contributed by atoms with Crippen molar-refractivity contribution in [2.45, 2.75) is 44.4 Å². The third-order valence-electron chi connectivity index (χ3n) is 2.92. The maximum Gasteiger partial charge on any atom is 0.0959 e. The summed E-state index contributed by atoms with van der Waals surface area (Å²) < 4.78 is 0. The Labute approximate surface area is 89.5 Å². The zero-order valence-electron chi connectivity index (χ0n) is 8.54. The van der Waals surface area contributed by atoms with Crippen molar-refractivity contribution in [3.8, 4) is 0 Å². The normalized spacial score (nSPS) is 18.6. The van der Waals surface area contributed by atoms with Gasteiger partial charge in [-0.25, -0.2) is 4.98 Å². The lowest BCUT2D eigenvalue weighted by molar-refractivity contribution is 0.442. The molecule has 0 unspecified atom stereocenters. The molecular formula is C11H18N2S. The first-order chi connectivity index (χ1) is 6.90. The van der Waals surface area contributed by atoms with Gasteiger partial charge in [-0.1, -0.05) is 19.3 Å². The molecule has 0 atom stereocenters. The maximum atomic E-state index is 5.51. The third kappa shape index (κ3) is 2.34. The standard InChI is InChI=1S/C11H18N2S/c12-7-6-10-8-14-11(13-10)9-4-2-1-3-5-9/h8-9H,1-7,12H2. The molecule has 2 rings (SSSR count).